The average Bonchev–Trinajstić information content (AvgIpc) is 3.01. The number of benzene rings is 3. The number of thioether (sulfide) groups is 1. The number of halogens is 2. The van der Waals surface area contributed by atoms with E-state index in [0.29, 0.717) is 16.7 Å². The number of ether oxygens (including phenoxy) is 1. The molecule has 3 aromatic rings. The van der Waals surface area contributed by atoms with Crippen molar-refractivity contribution in [3.8, 4) is 5.75 Å². The standard InChI is InChI=1S/C25H20Cl2OS/c1-16-19(9-18-10-21(26)14-22(27)11-18)12-20-13-23(5-8-25(16)20)28-15-17-3-6-24(29-2)7-4-17/h3-11,13-14H,1,12,15H2,2H3/b19-9+. The minimum absolute atomic E-state index is 0.554. The monoisotopic (exact) mass is 438 g/mol. The lowest BCUT2D eigenvalue weighted by atomic mass is 10.0. The van der Waals surface area contributed by atoms with Crippen molar-refractivity contribution in [1.82, 2.24) is 0 Å². The average molecular weight is 439 g/mol. The van der Waals surface area contributed by atoms with Gasteiger partial charge in [-0.1, -0.05) is 54.1 Å². The van der Waals surface area contributed by atoms with E-state index in [4.69, 9.17) is 27.9 Å². The Bertz CT molecular complexity index is 1080. The normalized spacial score (nSPS) is 14.3. The molecule has 146 valence electrons. The van der Waals surface area contributed by atoms with Crippen LogP contribution < -0.4 is 4.74 Å². The molecular formula is C25H20Cl2OS. The van der Waals surface area contributed by atoms with Gasteiger partial charge in [0.15, 0.2) is 0 Å². The summed E-state index contributed by atoms with van der Waals surface area (Å²) in [5.41, 5.74) is 6.74. The van der Waals surface area contributed by atoms with Crippen LogP contribution in [0.5, 0.6) is 5.75 Å². The number of hydrogen-bond donors (Lipinski definition) is 0. The van der Waals surface area contributed by atoms with E-state index >= 15 is 0 Å². The Kier molecular flexibility index (Phi) is 6.05. The predicted octanol–water partition coefficient (Wildman–Crippen LogP) is 7.95. The molecule has 1 aliphatic rings. The number of fused-ring (bicyclic) bond motifs is 1. The molecule has 0 saturated carbocycles. The molecule has 3 aromatic carbocycles. The Balaban J connectivity index is 1.50. The number of hydrogen-bond acceptors (Lipinski definition) is 2. The highest BCUT2D eigenvalue weighted by Gasteiger charge is 2.20. The van der Waals surface area contributed by atoms with Gasteiger partial charge in [0.05, 0.1) is 0 Å². The summed E-state index contributed by atoms with van der Waals surface area (Å²) < 4.78 is 6.02. The van der Waals surface area contributed by atoms with Gasteiger partial charge in [-0.3, -0.25) is 0 Å². The quantitative estimate of drug-likeness (QED) is 0.373. The molecule has 0 atom stereocenters. The zero-order chi connectivity index (χ0) is 20.4. The number of allylic oxidation sites excluding steroid dienone is 2. The van der Waals surface area contributed by atoms with Crippen LogP contribution >= 0.6 is 35.0 Å². The van der Waals surface area contributed by atoms with E-state index in [1.807, 2.05) is 18.2 Å². The highest BCUT2D eigenvalue weighted by molar-refractivity contribution is 7.98. The molecule has 29 heavy (non-hydrogen) atoms. The van der Waals surface area contributed by atoms with Crippen LogP contribution in [0.4, 0.5) is 0 Å². The van der Waals surface area contributed by atoms with Crippen LogP contribution in [0.1, 0.15) is 22.3 Å². The smallest absolute Gasteiger partial charge is 0.120 e. The second-order valence-electron chi connectivity index (χ2n) is 6.98. The molecule has 0 amide bonds. The van der Waals surface area contributed by atoms with E-state index in [1.54, 1.807) is 17.8 Å². The fourth-order valence-corrected chi connectivity index (χ4v) is 4.42. The zero-order valence-corrected chi connectivity index (χ0v) is 18.4. The number of rotatable bonds is 5. The van der Waals surface area contributed by atoms with Crippen molar-refractivity contribution in [2.24, 2.45) is 0 Å². The van der Waals surface area contributed by atoms with E-state index in [-0.39, 0.29) is 0 Å². The molecule has 0 aromatic heterocycles. The lowest BCUT2D eigenvalue weighted by molar-refractivity contribution is 0.306. The first-order valence-electron chi connectivity index (χ1n) is 9.27. The van der Waals surface area contributed by atoms with Crippen molar-refractivity contribution in [3.63, 3.8) is 0 Å². The molecule has 4 rings (SSSR count). The second-order valence-corrected chi connectivity index (χ2v) is 8.74. The predicted molar refractivity (Wildman–Crippen MR) is 126 cm³/mol. The molecule has 0 unspecified atom stereocenters. The molecule has 0 heterocycles. The van der Waals surface area contributed by atoms with Crippen molar-refractivity contribution in [1.29, 1.82) is 0 Å². The SMILES string of the molecule is C=C1/C(=C/c2cc(Cl)cc(Cl)c2)Cc2cc(OCc3ccc(SC)cc3)ccc21. The van der Waals surface area contributed by atoms with Gasteiger partial charge in [0.25, 0.3) is 0 Å². The maximum absolute atomic E-state index is 6.13. The summed E-state index contributed by atoms with van der Waals surface area (Å²) in [6.07, 6.45) is 5.00. The molecule has 0 fully saturated rings. The molecule has 0 N–H and O–H groups in total. The first kappa shape index (κ1) is 20.2. The first-order chi connectivity index (χ1) is 14.0. The van der Waals surface area contributed by atoms with E-state index in [9.17, 15) is 0 Å². The lowest BCUT2D eigenvalue weighted by Gasteiger charge is -2.08. The van der Waals surface area contributed by atoms with Crippen LogP contribution in [0.2, 0.25) is 10.0 Å². The summed E-state index contributed by atoms with van der Waals surface area (Å²) in [4.78, 5) is 1.25. The minimum atomic E-state index is 0.554. The van der Waals surface area contributed by atoms with Crippen molar-refractivity contribution in [2.45, 2.75) is 17.9 Å². The van der Waals surface area contributed by atoms with Crippen molar-refractivity contribution in [2.75, 3.05) is 6.26 Å². The molecule has 0 radical (unpaired) electrons. The topological polar surface area (TPSA) is 9.23 Å². The lowest BCUT2D eigenvalue weighted by Crippen LogP contribution is -1.96. The summed E-state index contributed by atoms with van der Waals surface area (Å²) in [5, 5.41) is 1.26. The van der Waals surface area contributed by atoms with Gasteiger partial charge >= 0.3 is 0 Å². The van der Waals surface area contributed by atoms with Crippen LogP contribution in [0, 0.1) is 0 Å². The third-order valence-corrected chi connectivity index (χ3v) is 6.14. The van der Waals surface area contributed by atoms with Crippen LogP contribution in [-0.4, -0.2) is 6.26 Å². The Morgan fingerprint density at radius 2 is 1.72 bits per heavy atom. The fraction of sp³-hybridized carbons (Fsp3) is 0.120. The molecule has 0 spiro atoms. The van der Waals surface area contributed by atoms with Gasteiger partial charge in [0.1, 0.15) is 12.4 Å². The molecular weight excluding hydrogens is 419 g/mol. The van der Waals surface area contributed by atoms with Gasteiger partial charge in [-0.25, -0.2) is 0 Å². The zero-order valence-electron chi connectivity index (χ0n) is 16.0. The fourth-order valence-electron chi connectivity index (χ4n) is 3.47. The van der Waals surface area contributed by atoms with Crippen molar-refractivity contribution >= 4 is 46.6 Å². The summed E-state index contributed by atoms with van der Waals surface area (Å²) in [6, 6.07) is 20.2. The van der Waals surface area contributed by atoms with Gasteiger partial charge in [-0.05, 0) is 88.5 Å². The Labute approximate surface area is 186 Å². The highest BCUT2D eigenvalue weighted by Crippen LogP contribution is 2.38. The summed E-state index contributed by atoms with van der Waals surface area (Å²) >= 11 is 14.0. The first-order valence-corrected chi connectivity index (χ1v) is 11.2. The van der Waals surface area contributed by atoms with Gasteiger partial charge in [-0.15, -0.1) is 11.8 Å². The van der Waals surface area contributed by atoms with E-state index < -0.39 is 0 Å². The van der Waals surface area contributed by atoms with Crippen LogP contribution in [0.25, 0.3) is 11.6 Å². The molecule has 4 heteroatoms. The Hall–Kier alpha value is -2.13. The minimum Gasteiger partial charge on any atom is -0.489 e. The molecule has 0 saturated heterocycles. The molecule has 1 aliphatic carbocycles. The maximum atomic E-state index is 6.13. The second kappa shape index (κ2) is 8.71. The summed E-state index contributed by atoms with van der Waals surface area (Å²) in [7, 11) is 0. The van der Waals surface area contributed by atoms with Crippen LogP contribution in [0.15, 0.2) is 77.7 Å². The van der Waals surface area contributed by atoms with Crippen molar-refractivity contribution in [3.05, 3.63) is 105 Å². The van der Waals surface area contributed by atoms with Crippen LogP contribution in [0.3, 0.4) is 0 Å². The van der Waals surface area contributed by atoms with Crippen molar-refractivity contribution < 1.29 is 4.74 Å². The maximum Gasteiger partial charge on any atom is 0.120 e. The molecule has 1 nitrogen and oxygen atoms in total. The third kappa shape index (κ3) is 4.72. The summed E-state index contributed by atoms with van der Waals surface area (Å²) in [5.74, 6) is 0.873. The molecule has 0 aliphatic heterocycles. The Morgan fingerprint density at radius 1 is 1.00 bits per heavy atom. The van der Waals surface area contributed by atoms with Gasteiger partial charge in [0, 0.05) is 14.9 Å². The van der Waals surface area contributed by atoms with Gasteiger partial charge < -0.3 is 4.74 Å². The Morgan fingerprint density at radius 3 is 2.41 bits per heavy atom. The largest absolute Gasteiger partial charge is 0.489 e. The molecule has 0 bridgehead atoms. The highest BCUT2D eigenvalue weighted by atomic mass is 35.5. The third-order valence-electron chi connectivity index (χ3n) is 4.96. The van der Waals surface area contributed by atoms with Crippen LogP contribution in [-0.2, 0) is 13.0 Å². The van der Waals surface area contributed by atoms with E-state index in [1.165, 1.54) is 21.6 Å². The van der Waals surface area contributed by atoms with Gasteiger partial charge in [-0.2, -0.15) is 0 Å². The van der Waals surface area contributed by atoms with Gasteiger partial charge in [0.2, 0.25) is 0 Å². The van der Waals surface area contributed by atoms with E-state index in [0.717, 1.165) is 28.9 Å². The summed E-state index contributed by atoms with van der Waals surface area (Å²) in [6.45, 7) is 4.83. The van der Waals surface area contributed by atoms with E-state index in [2.05, 4.69) is 55.3 Å².